The Hall–Kier alpha value is -1.35. The summed E-state index contributed by atoms with van der Waals surface area (Å²) in [5.74, 6) is 0. The number of hydrogen-bond acceptors (Lipinski definition) is 2. The standard InChI is InChI=1S/C14H21N3/c1-11-12(9-15-10-14(2,3)4)17-8-6-5-7-13(17)16-11/h5-8,15H,9-10H2,1-4H3. The summed E-state index contributed by atoms with van der Waals surface area (Å²) >= 11 is 0. The summed E-state index contributed by atoms with van der Waals surface area (Å²) in [4.78, 5) is 4.55. The van der Waals surface area contributed by atoms with E-state index in [4.69, 9.17) is 0 Å². The van der Waals surface area contributed by atoms with E-state index >= 15 is 0 Å². The lowest BCUT2D eigenvalue weighted by molar-refractivity contribution is 0.378. The fourth-order valence-corrected chi connectivity index (χ4v) is 1.93. The van der Waals surface area contributed by atoms with Gasteiger partial charge in [-0.2, -0.15) is 0 Å². The van der Waals surface area contributed by atoms with Crippen LogP contribution >= 0.6 is 0 Å². The summed E-state index contributed by atoms with van der Waals surface area (Å²) in [5, 5.41) is 3.50. The summed E-state index contributed by atoms with van der Waals surface area (Å²) in [5.41, 5.74) is 3.70. The van der Waals surface area contributed by atoms with Crippen LogP contribution in [-0.2, 0) is 6.54 Å². The van der Waals surface area contributed by atoms with E-state index in [9.17, 15) is 0 Å². The van der Waals surface area contributed by atoms with Crippen molar-refractivity contribution in [2.45, 2.75) is 34.2 Å². The smallest absolute Gasteiger partial charge is 0.137 e. The molecule has 0 saturated carbocycles. The quantitative estimate of drug-likeness (QED) is 0.880. The van der Waals surface area contributed by atoms with Crippen molar-refractivity contribution in [2.24, 2.45) is 5.41 Å². The molecule has 2 aromatic heterocycles. The number of rotatable bonds is 3. The van der Waals surface area contributed by atoms with Gasteiger partial charge in [-0.05, 0) is 24.5 Å². The Bertz CT molecular complexity index is 506. The SMILES string of the molecule is Cc1nc2ccccn2c1CNCC(C)(C)C. The van der Waals surface area contributed by atoms with E-state index in [1.54, 1.807) is 0 Å². The fraction of sp³-hybridized carbons (Fsp3) is 0.500. The van der Waals surface area contributed by atoms with Crippen molar-refractivity contribution in [2.75, 3.05) is 6.54 Å². The molecule has 92 valence electrons. The lowest BCUT2D eigenvalue weighted by Gasteiger charge is -2.18. The second kappa shape index (κ2) is 4.49. The third-order valence-electron chi connectivity index (χ3n) is 2.78. The molecule has 0 aromatic carbocycles. The number of nitrogens with one attached hydrogen (secondary N) is 1. The maximum atomic E-state index is 4.55. The number of fused-ring (bicyclic) bond motifs is 1. The number of pyridine rings is 1. The first kappa shape index (κ1) is 12.1. The Morgan fingerprint density at radius 3 is 2.76 bits per heavy atom. The minimum Gasteiger partial charge on any atom is -0.311 e. The highest BCUT2D eigenvalue weighted by Crippen LogP contribution is 2.13. The Balaban J connectivity index is 2.15. The lowest BCUT2D eigenvalue weighted by Crippen LogP contribution is -2.27. The average molecular weight is 231 g/mol. The van der Waals surface area contributed by atoms with Crippen LogP contribution in [0.1, 0.15) is 32.2 Å². The molecule has 0 aliphatic heterocycles. The number of aryl methyl sites for hydroxylation is 1. The van der Waals surface area contributed by atoms with Gasteiger partial charge in [-0.1, -0.05) is 26.8 Å². The maximum absolute atomic E-state index is 4.55. The van der Waals surface area contributed by atoms with Crippen molar-refractivity contribution >= 4 is 5.65 Å². The molecule has 0 aliphatic carbocycles. The molecule has 2 aromatic rings. The van der Waals surface area contributed by atoms with Gasteiger partial charge in [-0.25, -0.2) is 4.98 Å². The molecule has 0 fully saturated rings. The van der Waals surface area contributed by atoms with Crippen molar-refractivity contribution < 1.29 is 0 Å². The second-order valence-electron chi connectivity index (χ2n) is 5.74. The van der Waals surface area contributed by atoms with Gasteiger partial charge in [0.2, 0.25) is 0 Å². The molecule has 3 nitrogen and oxygen atoms in total. The van der Waals surface area contributed by atoms with Gasteiger partial charge in [0.25, 0.3) is 0 Å². The molecule has 1 N–H and O–H groups in total. The lowest BCUT2D eigenvalue weighted by atomic mass is 9.97. The molecule has 0 amide bonds. The summed E-state index contributed by atoms with van der Waals surface area (Å²) in [6.07, 6.45) is 2.07. The van der Waals surface area contributed by atoms with Crippen molar-refractivity contribution in [1.82, 2.24) is 14.7 Å². The van der Waals surface area contributed by atoms with Crippen LogP contribution in [0.5, 0.6) is 0 Å². The minimum absolute atomic E-state index is 0.314. The Kier molecular flexibility index (Phi) is 3.20. The van der Waals surface area contributed by atoms with Gasteiger partial charge >= 0.3 is 0 Å². The minimum atomic E-state index is 0.314. The van der Waals surface area contributed by atoms with Crippen LogP contribution < -0.4 is 5.32 Å². The number of nitrogens with zero attached hydrogens (tertiary/aromatic N) is 2. The molecule has 0 unspecified atom stereocenters. The van der Waals surface area contributed by atoms with Crippen molar-refractivity contribution in [3.8, 4) is 0 Å². The molecule has 2 rings (SSSR count). The van der Waals surface area contributed by atoms with Gasteiger partial charge < -0.3 is 9.72 Å². The molecule has 0 atom stereocenters. The Morgan fingerprint density at radius 2 is 2.06 bits per heavy atom. The van der Waals surface area contributed by atoms with Crippen molar-refractivity contribution in [1.29, 1.82) is 0 Å². The third kappa shape index (κ3) is 2.86. The maximum Gasteiger partial charge on any atom is 0.137 e. The molecule has 3 heteroatoms. The van der Waals surface area contributed by atoms with Gasteiger partial charge in [-0.3, -0.25) is 0 Å². The van der Waals surface area contributed by atoms with E-state index in [1.807, 2.05) is 18.2 Å². The van der Waals surface area contributed by atoms with Crippen molar-refractivity contribution in [3.05, 3.63) is 35.8 Å². The van der Waals surface area contributed by atoms with Crippen LogP contribution in [-0.4, -0.2) is 15.9 Å². The molecule has 0 spiro atoms. The largest absolute Gasteiger partial charge is 0.311 e. The predicted molar refractivity (Wildman–Crippen MR) is 71.1 cm³/mol. The summed E-state index contributed by atoms with van der Waals surface area (Å²) < 4.78 is 2.16. The van der Waals surface area contributed by atoms with Crippen LogP contribution in [0.2, 0.25) is 0 Å². The Morgan fingerprint density at radius 1 is 1.29 bits per heavy atom. The highest BCUT2D eigenvalue weighted by atomic mass is 15.0. The van der Waals surface area contributed by atoms with E-state index in [0.29, 0.717) is 5.41 Å². The van der Waals surface area contributed by atoms with Crippen LogP contribution in [0.25, 0.3) is 5.65 Å². The number of hydrogen-bond donors (Lipinski definition) is 1. The number of aromatic nitrogens is 2. The fourth-order valence-electron chi connectivity index (χ4n) is 1.93. The second-order valence-corrected chi connectivity index (χ2v) is 5.74. The van der Waals surface area contributed by atoms with E-state index in [1.165, 1.54) is 5.69 Å². The third-order valence-corrected chi connectivity index (χ3v) is 2.78. The van der Waals surface area contributed by atoms with E-state index in [-0.39, 0.29) is 0 Å². The number of imidazole rings is 1. The first-order chi connectivity index (χ1) is 7.97. The van der Waals surface area contributed by atoms with Gasteiger partial charge in [0, 0.05) is 19.3 Å². The monoisotopic (exact) mass is 231 g/mol. The highest BCUT2D eigenvalue weighted by Gasteiger charge is 2.11. The normalized spacial score (nSPS) is 12.2. The van der Waals surface area contributed by atoms with Gasteiger partial charge in [0.05, 0.1) is 11.4 Å². The van der Waals surface area contributed by atoms with E-state index < -0.39 is 0 Å². The molecule has 0 bridgehead atoms. The van der Waals surface area contributed by atoms with Crippen LogP contribution in [0.4, 0.5) is 0 Å². The first-order valence-corrected chi connectivity index (χ1v) is 6.11. The average Bonchev–Trinajstić information content (AvgIpc) is 2.54. The van der Waals surface area contributed by atoms with E-state index in [2.05, 4.69) is 48.6 Å². The van der Waals surface area contributed by atoms with Crippen LogP contribution in [0.3, 0.4) is 0 Å². The zero-order valence-electron chi connectivity index (χ0n) is 11.1. The summed E-state index contributed by atoms with van der Waals surface area (Å²) in [6.45, 7) is 10.7. The summed E-state index contributed by atoms with van der Waals surface area (Å²) in [7, 11) is 0. The van der Waals surface area contributed by atoms with Gasteiger partial charge in [0.15, 0.2) is 0 Å². The zero-order valence-corrected chi connectivity index (χ0v) is 11.1. The molecule has 17 heavy (non-hydrogen) atoms. The van der Waals surface area contributed by atoms with Crippen LogP contribution in [0.15, 0.2) is 24.4 Å². The molecule has 0 radical (unpaired) electrons. The molecule has 0 saturated heterocycles. The van der Waals surface area contributed by atoms with Gasteiger partial charge in [0.1, 0.15) is 5.65 Å². The van der Waals surface area contributed by atoms with Crippen molar-refractivity contribution in [3.63, 3.8) is 0 Å². The van der Waals surface area contributed by atoms with Crippen LogP contribution in [0, 0.1) is 12.3 Å². The first-order valence-electron chi connectivity index (χ1n) is 6.11. The summed E-state index contributed by atoms with van der Waals surface area (Å²) in [6, 6.07) is 6.11. The topological polar surface area (TPSA) is 29.3 Å². The molecule has 2 heterocycles. The van der Waals surface area contributed by atoms with E-state index in [0.717, 1.165) is 24.4 Å². The van der Waals surface area contributed by atoms with Gasteiger partial charge in [-0.15, -0.1) is 0 Å². The Labute approximate surface area is 103 Å². The predicted octanol–water partition coefficient (Wildman–Crippen LogP) is 2.78. The molecular formula is C14H21N3. The molecular weight excluding hydrogens is 210 g/mol. The molecule has 0 aliphatic rings. The highest BCUT2D eigenvalue weighted by molar-refractivity contribution is 5.42. The zero-order chi connectivity index (χ0) is 12.5.